The van der Waals surface area contributed by atoms with Crippen molar-refractivity contribution in [2.45, 2.75) is 44.2 Å². The first-order valence-electron chi connectivity index (χ1n) is 12.5. The van der Waals surface area contributed by atoms with Crippen molar-refractivity contribution in [2.24, 2.45) is 5.73 Å². The molecule has 1 saturated carbocycles. The molecule has 2 fully saturated rings. The minimum atomic E-state index is -0.379. The second-order valence-electron chi connectivity index (χ2n) is 9.23. The lowest BCUT2D eigenvalue weighted by molar-refractivity contribution is 0.0997. The molecule has 0 aromatic heterocycles. The molecule has 2 aliphatic rings. The Balaban J connectivity index is 0.000000395. The lowest BCUT2D eigenvalue weighted by atomic mass is 10.1. The third-order valence-electron chi connectivity index (χ3n) is 6.46. The molecule has 1 saturated heterocycles. The molecule has 0 spiro atoms. The average Bonchev–Trinajstić information content (AvgIpc) is 3.75. The van der Waals surface area contributed by atoms with Crippen LogP contribution in [0.15, 0.2) is 78.9 Å². The molecule has 3 aromatic carbocycles. The van der Waals surface area contributed by atoms with Crippen molar-refractivity contribution in [2.75, 3.05) is 24.1 Å². The Hall–Kier alpha value is -3.26. The van der Waals surface area contributed by atoms with Crippen LogP contribution >= 0.6 is 24.8 Å². The minimum Gasteiger partial charge on any atom is -0.490 e. The summed E-state index contributed by atoms with van der Waals surface area (Å²) in [7, 11) is 0. The maximum atomic E-state index is 12.4. The number of hydrogen-bond donors (Lipinski definition) is 3. The van der Waals surface area contributed by atoms with Crippen molar-refractivity contribution < 1.29 is 14.3 Å². The Labute approximate surface area is 236 Å². The van der Waals surface area contributed by atoms with Crippen LogP contribution in [-0.4, -0.2) is 41.9 Å². The van der Waals surface area contributed by atoms with E-state index in [1.54, 1.807) is 48.5 Å². The first kappa shape index (κ1) is 31.0. The molecule has 1 heterocycles. The first-order chi connectivity index (χ1) is 17.5. The number of amides is 2. The van der Waals surface area contributed by atoms with Gasteiger partial charge in [-0.1, -0.05) is 30.3 Å². The van der Waals surface area contributed by atoms with Crippen molar-refractivity contribution in [3.8, 4) is 5.75 Å². The van der Waals surface area contributed by atoms with Crippen LogP contribution in [0.25, 0.3) is 0 Å². The highest BCUT2D eigenvalue weighted by Crippen LogP contribution is 2.30. The zero-order chi connectivity index (χ0) is 25.3. The number of anilines is 2. The molecular weight excluding hydrogens is 523 g/mol. The summed E-state index contributed by atoms with van der Waals surface area (Å²) in [6.07, 6.45) is 6.36. The topological polar surface area (TPSA) is 111 Å². The molecule has 204 valence electrons. The highest BCUT2D eigenvalue weighted by Gasteiger charge is 2.30. The number of benzene rings is 3. The third-order valence-corrected chi connectivity index (χ3v) is 6.46. The molecule has 2 amide bonds. The smallest absolute Gasteiger partial charge is 0.255 e. The molecule has 3 aromatic rings. The quantitative estimate of drug-likeness (QED) is 0.343. The van der Waals surface area contributed by atoms with Crippen molar-refractivity contribution in [1.82, 2.24) is 4.90 Å². The molecule has 5 rings (SSSR count). The molecule has 0 radical (unpaired) electrons. The van der Waals surface area contributed by atoms with E-state index in [0.717, 1.165) is 31.2 Å². The zero-order valence-corrected chi connectivity index (χ0v) is 22.9. The summed E-state index contributed by atoms with van der Waals surface area (Å²) < 4.78 is 6.18. The van der Waals surface area contributed by atoms with Gasteiger partial charge in [-0.3, -0.25) is 9.59 Å². The number of hydrogen-bond acceptors (Lipinski definition) is 5. The zero-order valence-electron chi connectivity index (χ0n) is 21.3. The van der Waals surface area contributed by atoms with E-state index < -0.39 is 0 Å². The Morgan fingerprint density at radius 3 is 2.05 bits per heavy atom. The fraction of sp³-hybridized carbons (Fsp3) is 0.310. The van der Waals surface area contributed by atoms with E-state index in [1.165, 1.54) is 25.8 Å². The second-order valence-corrected chi connectivity index (χ2v) is 9.23. The summed E-state index contributed by atoms with van der Waals surface area (Å²) in [5.74, 6) is 0.278. The normalized spacial score (nSPS) is 16.8. The number of likely N-dealkylation sites (tertiary alicyclic amines) is 1. The minimum absolute atomic E-state index is 0. The first-order valence-corrected chi connectivity index (χ1v) is 12.5. The predicted molar refractivity (Wildman–Crippen MR) is 158 cm³/mol. The summed E-state index contributed by atoms with van der Waals surface area (Å²) in [5, 5.41) is 2.85. The standard InChI is InChI=1S/C22H27N3O2.C7H7NO.2ClH/c23-20-5-1-2-6-21(20)24-22(26)16-7-11-19(12-8-16)27-18-4-3-14-25(15-13-18)17-9-10-17;8-7(9)6-4-2-1-3-5-6;;/h1-2,5-8,11-12,17-18H,3-4,9-10,13-15,23H2,(H,24,26);1-5H,(H2,8,9);2*1H. The fourth-order valence-corrected chi connectivity index (χ4v) is 4.30. The maximum absolute atomic E-state index is 12.4. The van der Waals surface area contributed by atoms with Crippen LogP contribution in [0.3, 0.4) is 0 Å². The molecule has 38 heavy (non-hydrogen) atoms. The molecule has 5 N–H and O–H groups in total. The van der Waals surface area contributed by atoms with E-state index in [9.17, 15) is 9.59 Å². The van der Waals surface area contributed by atoms with Crippen LogP contribution in [0.4, 0.5) is 11.4 Å². The average molecular weight is 560 g/mol. The number of primary amides is 1. The van der Waals surface area contributed by atoms with Crippen molar-refractivity contribution >= 4 is 48.0 Å². The number of nitrogens with two attached hydrogens (primary N) is 2. The Kier molecular flexibility index (Phi) is 12.4. The van der Waals surface area contributed by atoms with Gasteiger partial charge in [0.2, 0.25) is 5.91 Å². The molecular formula is C29H36Cl2N4O3. The number of nitrogens with zero attached hydrogens (tertiary/aromatic N) is 1. The van der Waals surface area contributed by atoms with Gasteiger partial charge in [0.1, 0.15) is 5.75 Å². The van der Waals surface area contributed by atoms with Crippen LogP contribution < -0.4 is 21.5 Å². The van der Waals surface area contributed by atoms with Crippen LogP contribution in [0.5, 0.6) is 5.75 Å². The lowest BCUT2D eigenvalue weighted by Gasteiger charge is -2.20. The van der Waals surface area contributed by atoms with Crippen LogP contribution in [0, 0.1) is 0 Å². The van der Waals surface area contributed by atoms with Gasteiger partial charge in [0, 0.05) is 23.7 Å². The number of halogens is 2. The van der Waals surface area contributed by atoms with Crippen molar-refractivity contribution in [1.29, 1.82) is 0 Å². The van der Waals surface area contributed by atoms with E-state index in [-0.39, 0.29) is 42.7 Å². The van der Waals surface area contributed by atoms with E-state index in [1.807, 2.05) is 30.3 Å². The van der Waals surface area contributed by atoms with Gasteiger partial charge in [-0.05, 0) is 87.2 Å². The highest BCUT2D eigenvalue weighted by atomic mass is 35.5. The van der Waals surface area contributed by atoms with E-state index in [2.05, 4.69) is 10.2 Å². The second kappa shape index (κ2) is 15.2. The van der Waals surface area contributed by atoms with Crippen LogP contribution in [-0.2, 0) is 0 Å². The largest absolute Gasteiger partial charge is 0.490 e. The molecule has 0 bridgehead atoms. The molecule has 1 aliphatic heterocycles. The lowest BCUT2D eigenvalue weighted by Crippen LogP contribution is -2.27. The molecule has 7 nitrogen and oxygen atoms in total. The fourth-order valence-electron chi connectivity index (χ4n) is 4.30. The summed E-state index contributed by atoms with van der Waals surface area (Å²) >= 11 is 0. The SMILES string of the molecule is Cl.Cl.NC(=O)c1ccccc1.Nc1ccccc1NC(=O)c1ccc(OC2CCCN(C3CC3)CC2)cc1. The number of para-hydroxylation sites is 2. The monoisotopic (exact) mass is 558 g/mol. The van der Waals surface area contributed by atoms with E-state index in [4.69, 9.17) is 16.2 Å². The summed E-state index contributed by atoms with van der Waals surface area (Å²) in [5.41, 5.74) is 13.2. The number of nitrogens with one attached hydrogen (secondary N) is 1. The van der Waals surface area contributed by atoms with Gasteiger partial charge in [0.15, 0.2) is 0 Å². The molecule has 1 aliphatic carbocycles. The van der Waals surface area contributed by atoms with Crippen LogP contribution in [0.2, 0.25) is 0 Å². The third kappa shape index (κ3) is 9.24. The van der Waals surface area contributed by atoms with Crippen molar-refractivity contribution in [3.05, 3.63) is 90.0 Å². The molecule has 9 heteroatoms. The summed E-state index contributed by atoms with van der Waals surface area (Å²) in [6, 6.07) is 24.2. The summed E-state index contributed by atoms with van der Waals surface area (Å²) in [4.78, 5) is 25.4. The molecule has 1 atom stereocenters. The Morgan fingerprint density at radius 2 is 1.45 bits per heavy atom. The van der Waals surface area contributed by atoms with Crippen molar-refractivity contribution in [3.63, 3.8) is 0 Å². The highest BCUT2D eigenvalue weighted by molar-refractivity contribution is 6.05. The van der Waals surface area contributed by atoms with Gasteiger partial charge in [-0.25, -0.2) is 0 Å². The molecule has 1 unspecified atom stereocenters. The number of carbonyl (C=O) groups is 2. The number of nitrogen functional groups attached to an aromatic ring is 1. The van der Waals surface area contributed by atoms with E-state index >= 15 is 0 Å². The Morgan fingerprint density at radius 1 is 0.789 bits per heavy atom. The van der Waals surface area contributed by atoms with Gasteiger partial charge < -0.3 is 26.4 Å². The number of rotatable bonds is 6. The van der Waals surface area contributed by atoms with Crippen LogP contribution in [0.1, 0.15) is 52.8 Å². The predicted octanol–water partition coefficient (Wildman–Crippen LogP) is 5.55. The van der Waals surface area contributed by atoms with Gasteiger partial charge in [0.05, 0.1) is 17.5 Å². The maximum Gasteiger partial charge on any atom is 0.255 e. The van der Waals surface area contributed by atoms with Gasteiger partial charge >= 0.3 is 0 Å². The number of ether oxygens (including phenoxy) is 1. The van der Waals surface area contributed by atoms with Gasteiger partial charge in [-0.15, -0.1) is 24.8 Å². The summed E-state index contributed by atoms with van der Waals surface area (Å²) in [6.45, 7) is 2.33. The van der Waals surface area contributed by atoms with Gasteiger partial charge in [0.25, 0.3) is 5.91 Å². The van der Waals surface area contributed by atoms with E-state index in [0.29, 0.717) is 22.5 Å². The number of carbonyl (C=O) groups excluding carboxylic acids is 2. The Bertz CT molecular complexity index is 1160. The van der Waals surface area contributed by atoms with Gasteiger partial charge in [-0.2, -0.15) is 0 Å².